The first-order valence-corrected chi connectivity index (χ1v) is 7.04. The number of fused-ring (bicyclic) bond motifs is 1. The van der Waals surface area contributed by atoms with Gasteiger partial charge in [0.05, 0.1) is 12.3 Å². The van der Waals surface area contributed by atoms with Crippen LogP contribution in [0.4, 0.5) is 0 Å². The fourth-order valence-electron chi connectivity index (χ4n) is 2.09. The molecular weight excluding hydrogens is 244 g/mol. The van der Waals surface area contributed by atoms with Gasteiger partial charge < -0.3 is 10.1 Å². The van der Waals surface area contributed by atoms with Crippen molar-refractivity contribution >= 4 is 11.3 Å². The van der Waals surface area contributed by atoms with E-state index < -0.39 is 0 Å². The Morgan fingerprint density at radius 1 is 1.44 bits per heavy atom. The van der Waals surface area contributed by atoms with Gasteiger partial charge in [0.15, 0.2) is 0 Å². The van der Waals surface area contributed by atoms with Crippen molar-refractivity contribution < 1.29 is 4.74 Å². The van der Waals surface area contributed by atoms with Crippen molar-refractivity contribution in [2.75, 3.05) is 13.7 Å². The summed E-state index contributed by atoms with van der Waals surface area (Å²) < 4.78 is 5.52. The molecule has 0 amide bonds. The van der Waals surface area contributed by atoms with E-state index >= 15 is 0 Å². The van der Waals surface area contributed by atoms with Crippen LogP contribution in [0.3, 0.4) is 0 Å². The fourth-order valence-corrected chi connectivity index (χ4v) is 3.00. The van der Waals surface area contributed by atoms with Crippen LogP contribution in [0.25, 0.3) is 10.6 Å². The zero-order chi connectivity index (χ0) is 12.5. The van der Waals surface area contributed by atoms with Crippen LogP contribution < -0.4 is 10.1 Å². The third-order valence-corrected chi connectivity index (χ3v) is 4.24. The lowest BCUT2D eigenvalue weighted by Crippen LogP contribution is -2.12. The van der Waals surface area contributed by atoms with Crippen LogP contribution in [0, 0.1) is 0 Å². The Balaban J connectivity index is 1.92. The maximum Gasteiger partial charge on any atom is 0.123 e. The Hall–Kier alpha value is -1.39. The summed E-state index contributed by atoms with van der Waals surface area (Å²) in [6, 6.07) is 6.65. The van der Waals surface area contributed by atoms with E-state index in [1.807, 2.05) is 7.05 Å². The van der Waals surface area contributed by atoms with Crippen LogP contribution in [0.5, 0.6) is 5.75 Å². The van der Waals surface area contributed by atoms with Crippen LogP contribution in [0.1, 0.15) is 24.2 Å². The molecule has 94 valence electrons. The van der Waals surface area contributed by atoms with Gasteiger partial charge >= 0.3 is 0 Å². The summed E-state index contributed by atoms with van der Waals surface area (Å²) in [6.45, 7) is 2.92. The number of ether oxygens (including phenoxy) is 1. The predicted molar refractivity (Wildman–Crippen MR) is 74.2 cm³/mol. The number of rotatable bonds is 3. The summed E-state index contributed by atoms with van der Waals surface area (Å²) in [4.78, 5) is 4.69. The lowest BCUT2D eigenvalue weighted by molar-refractivity contribution is 0.357. The van der Waals surface area contributed by atoms with Gasteiger partial charge in [-0.15, -0.1) is 11.3 Å². The molecule has 18 heavy (non-hydrogen) atoms. The molecule has 1 aliphatic heterocycles. The van der Waals surface area contributed by atoms with E-state index in [9.17, 15) is 0 Å². The molecule has 3 rings (SSSR count). The molecule has 0 radical (unpaired) electrons. The normalized spacial score (nSPS) is 15.2. The molecule has 0 spiro atoms. The van der Waals surface area contributed by atoms with Gasteiger partial charge in [-0.3, -0.25) is 0 Å². The van der Waals surface area contributed by atoms with Crippen molar-refractivity contribution in [3.05, 3.63) is 34.8 Å². The number of nitrogens with one attached hydrogen (secondary N) is 1. The van der Waals surface area contributed by atoms with E-state index in [2.05, 4.69) is 35.8 Å². The van der Waals surface area contributed by atoms with E-state index in [1.54, 1.807) is 11.3 Å². The van der Waals surface area contributed by atoms with E-state index in [1.165, 1.54) is 11.1 Å². The van der Waals surface area contributed by atoms with Gasteiger partial charge in [0.1, 0.15) is 10.8 Å². The molecule has 0 saturated carbocycles. The zero-order valence-corrected chi connectivity index (χ0v) is 11.4. The second kappa shape index (κ2) is 4.71. The minimum absolute atomic E-state index is 0.299. The lowest BCUT2D eigenvalue weighted by Gasteiger charge is -2.05. The molecule has 2 aromatic rings. The van der Waals surface area contributed by atoms with Gasteiger partial charge in [-0.05, 0) is 37.7 Å². The van der Waals surface area contributed by atoms with Gasteiger partial charge in [-0.25, -0.2) is 4.98 Å². The van der Waals surface area contributed by atoms with Crippen LogP contribution in [0.15, 0.2) is 23.6 Å². The molecule has 1 aromatic carbocycles. The van der Waals surface area contributed by atoms with Gasteiger partial charge in [0.25, 0.3) is 0 Å². The summed E-state index contributed by atoms with van der Waals surface area (Å²) in [6.07, 6.45) is 1.01. The molecule has 1 aromatic heterocycles. The first-order chi connectivity index (χ1) is 8.78. The molecule has 1 aliphatic rings. The molecule has 1 N–H and O–H groups in total. The number of hydrogen-bond donors (Lipinski definition) is 1. The Morgan fingerprint density at radius 2 is 2.33 bits per heavy atom. The highest BCUT2D eigenvalue weighted by Crippen LogP contribution is 2.32. The first kappa shape index (κ1) is 11.7. The van der Waals surface area contributed by atoms with Crippen molar-refractivity contribution in [3.63, 3.8) is 0 Å². The Labute approximate surface area is 111 Å². The van der Waals surface area contributed by atoms with Gasteiger partial charge in [0.2, 0.25) is 0 Å². The summed E-state index contributed by atoms with van der Waals surface area (Å²) in [5.41, 5.74) is 3.60. The van der Waals surface area contributed by atoms with Crippen LogP contribution in [-0.4, -0.2) is 18.6 Å². The minimum Gasteiger partial charge on any atom is -0.493 e. The van der Waals surface area contributed by atoms with Gasteiger partial charge in [0, 0.05) is 23.4 Å². The van der Waals surface area contributed by atoms with Crippen molar-refractivity contribution in [1.29, 1.82) is 0 Å². The van der Waals surface area contributed by atoms with Crippen LogP contribution in [-0.2, 0) is 6.42 Å². The molecule has 1 atom stereocenters. The van der Waals surface area contributed by atoms with E-state index in [0.29, 0.717) is 6.04 Å². The first-order valence-electron chi connectivity index (χ1n) is 6.16. The molecular formula is C14H16N2OS. The largest absolute Gasteiger partial charge is 0.493 e. The Kier molecular flexibility index (Phi) is 3.06. The van der Waals surface area contributed by atoms with Crippen LogP contribution >= 0.6 is 11.3 Å². The average molecular weight is 260 g/mol. The molecule has 0 saturated heterocycles. The van der Waals surface area contributed by atoms with Crippen molar-refractivity contribution in [3.8, 4) is 16.3 Å². The SMILES string of the molecule is CNC(C)c1csc(-c2ccc3c(c2)CCO3)n1. The van der Waals surface area contributed by atoms with Crippen molar-refractivity contribution in [2.45, 2.75) is 19.4 Å². The second-order valence-corrected chi connectivity index (χ2v) is 5.37. The lowest BCUT2D eigenvalue weighted by atomic mass is 10.1. The summed E-state index contributed by atoms with van der Waals surface area (Å²) in [5, 5.41) is 6.42. The highest BCUT2D eigenvalue weighted by Gasteiger charge is 2.15. The van der Waals surface area contributed by atoms with E-state index in [0.717, 1.165) is 29.5 Å². The zero-order valence-electron chi connectivity index (χ0n) is 10.6. The average Bonchev–Trinajstić information content (AvgIpc) is 3.05. The Morgan fingerprint density at radius 3 is 3.17 bits per heavy atom. The highest BCUT2D eigenvalue weighted by atomic mass is 32.1. The summed E-state index contributed by atoms with van der Waals surface area (Å²) in [7, 11) is 1.95. The maximum absolute atomic E-state index is 5.52. The smallest absolute Gasteiger partial charge is 0.123 e. The quantitative estimate of drug-likeness (QED) is 0.921. The van der Waals surface area contributed by atoms with E-state index in [-0.39, 0.29) is 0 Å². The molecule has 2 heterocycles. The van der Waals surface area contributed by atoms with E-state index in [4.69, 9.17) is 9.72 Å². The number of nitrogens with zero attached hydrogens (tertiary/aromatic N) is 1. The molecule has 0 aliphatic carbocycles. The molecule has 4 heteroatoms. The Bertz CT molecular complexity index is 565. The third-order valence-electron chi connectivity index (χ3n) is 3.34. The number of aromatic nitrogens is 1. The second-order valence-electron chi connectivity index (χ2n) is 4.51. The van der Waals surface area contributed by atoms with Crippen molar-refractivity contribution in [2.24, 2.45) is 0 Å². The number of benzene rings is 1. The monoisotopic (exact) mass is 260 g/mol. The highest BCUT2D eigenvalue weighted by molar-refractivity contribution is 7.13. The topological polar surface area (TPSA) is 34.1 Å². The molecule has 0 fully saturated rings. The van der Waals surface area contributed by atoms with Gasteiger partial charge in [-0.2, -0.15) is 0 Å². The summed E-state index contributed by atoms with van der Waals surface area (Å²) >= 11 is 1.70. The summed E-state index contributed by atoms with van der Waals surface area (Å²) in [5.74, 6) is 1.03. The predicted octanol–water partition coefficient (Wildman–Crippen LogP) is 3.03. The standard InChI is InChI=1S/C14H16N2OS/c1-9(15-2)12-8-18-14(16-12)11-3-4-13-10(7-11)5-6-17-13/h3-4,7-9,15H,5-6H2,1-2H3. The maximum atomic E-state index is 5.52. The van der Waals surface area contributed by atoms with Crippen LogP contribution in [0.2, 0.25) is 0 Å². The molecule has 0 bridgehead atoms. The fraction of sp³-hybridized carbons (Fsp3) is 0.357. The number of thiazole rings is 1. The molecule has 1 unspecified atom stereocenters. The molecule has 3 nitrogen and oxygen atoms in total. The van der Waals surface area contributed by atoms with Crippen molar-refractivity contribution in [1.82, 2.24) is 10.3 Å². The van der Waals surface area contributed by atoms with Gasteiger partial charge in [-0.1, -0.05) is 0 Å². The number of hydrogen-bond acceptors (Lipinski definition) is 4. The minimum atomic E-state index is 0.299. The third kappa shape index (κ3) is 2.02.